The standard InChI is InChI=1S/C51H33N5/c1-4-14-34(15-5-1)44-33-45(54-51(53-44)35-16-6-2-7-17-35)38-18-12-21-40(30-38)56-46-23-11-10-22-41(46)43-31-36(26-28-47(43)56)37-25-27-42-49(32-37)55(39-19-8-3-9-20-39)48-24-13-29-52-50(42)48/h1-33H. The van der Waals surface area contributed by atoms with Gasteiger partial charge in [-0.15, -0.1) is 0 Å². The predicted molar refractivity (Wildman–Crippen MR) is 230 cm³/mol. The van der Waals surface area contributed by atoms with Crippen molar-refractivity contribution in [2.24, 2.45) is 0 Å². The van der Waals surface area contributed by atoms with E-state index in [9.17, 15) is 0 Å². The van der Waals surface area contributed by atoms with Crippen LogP contribution in [0.3, 0.4) is 0 Å². The van der Waals surface area contributed by atoms with E-state index < -0.39 is 0 Å². The normalized spacial score (nSPS) is 11.6. The highest BCUT2D eigenvalue weighted by molar-refractivity contribution is 6.11. The molecule has 56 heavy (non-hydrogen) atoms. The predicted octanol–water partition coefficient (Wildman–Crippen LogP) is 12.7. The molecule has 0 aliphatic heterocycles. The van der Waals surface area contributed by atoms with Crippen molar-refractivity contribution in [1.82, 2.24) is 24.1 Å². The molecule has 0 saturated carbocycles. The van der Waals surface area contributed by atoms with Gasteiger partial charge in [0.05, 0.1) is 39.0 Å². The van der Waals surface area contributed by atoms with Crippen molar-refractivity contribution in [3.05, 3.63) is 200 Å². The minimum atomic E-state index is 0.704. The van der Waals surface area contributed by atoms with Gasteiger partial charge < -0.3 is 9.13 Å². The van der Waals surface area contributed by atoms with Crippen molar-refractivity contribution in [1.29, 1.82) is 0 Å². The molecule has 11 rings (SSSR count). The van der Waals surface area contributed by atoms with Crippen molar-refractivity contribution in [2.45, 2.75) is 0 Å². The van der Waals surface area contributed by atoms with Crippen molar-refractivity contribution in [3.8, 4) is 56.4 Å². The second-order valence-electron chi connectivity index (χ2n) is 14.1. The number of hydrogen-bond acceptors (Lipinski definition) is 3. The number of hydrogen-bond donors (Lipinski definition) is 0. The first-order valence-electron chi connectivity index (χ1n) is 18.9. The molecular weight excluding hydrogens is 683 g/mol. The van der Waals surface area contributed by atoms with Gasteiger partial charge in [0.25, 0.3) is 0 Å². The van der Waals surface area contributed by atoms with Gasteiger partial charge in [-0.3, -0.25) is 4.98 Å². The smallest absolute Gasteiger partial charge is 0.160 e. The highest BCUT2D eigenvalue weighted by atomic mass is 15.0. The third-order valence-corrected chi connectivity index (χ3v) is 10.8. The Morgan fingerprint density at radius 3 is 1.75 bits per heavy atom. The minimum absolute atomic E-state index is 0.704. The molecule has 7 aromatic carbocycles. The van der Waals surface area contributed by atoms with Crippen LogP contribution in [0.2, 0.25) is 0 Å². The molecule has 11 aromatic rings. The van der Waals surface area contributed by atoms with E-state index in [0.29, 0.717) is 5.82 Å². The summed E-state index contributed by atoms with van der Waals surface area (Å²) in [5.74, 6) is 0.704. The maximum Gasteiger partial charge on any atom is 0.160 e. The molecule has 0 aliphatic carbocycles. The Hall–Kier alpha value is -7.63. The van der Waals surface area contributed by atoms with E-state index in [4.69, 9.17) is 15.0 Å². The second kappa shape index (κ2) is 13.0. The lowest BCUT2D eigenvalue weighted by Crippen LogP contribution is -1.97. The lowest BCUT2D eigenvalue weighted by Gasteiger charge is -2.12. The molecule has 0 amide bonds. The van der Waals surface area contributed by atoms with Gasteiger partial charge in [0.1, 0.15) is 0 Å². The Kier molecular flexibility index (Phi) is 7.42. The van der Waals surface area contributed by atoms with Crippen LogP contribution in [0.15, 0.2) is 200 Å². The molecule has 0 spiro atoms. The number of pyridine rings is 1. The van der Waals surface area contributed by atoms with Gasteiger partial charge in [-0.1, -0.05) is 121 Å². The Balaban J connectivity index is 1.06. The topological polar surface area (TPSA) is 48.5 Å². The average molecular weight is 716 g/mol. The van der Waals surface area contributed by atoms with E-state index in [-0.39, 0.29) is 0 Å². The zero-order valence-corrected chi connectivity index (χ0v) is 30.3. The van der Waals surface area contributed by atoms with Gasteiger partial charge in [-0.05, 0) is 83.9 Å². The van der Waals surface area contributed by atoms with E-state index in [1.807, 2.05) is 48.7 Å². The fourth-order valence-electron chi connectivity index (χ4n) is 8.17. The van der Waals surface area contributed by atoms with Crippen LogP contribution in [0.1, 0.15) is 0 Å². The molecule has 0 aliphatic rings. The summed E-state index contributed by atoms with van der Waals surface area (Å²) in [6, 6.07) is 68.4. The zero-order chi connectivity index (χ0) is 37.0. The number of rotatable bonds is 6. The largest absolute Gasteiger partial charge is 0.309 e. The molecule has 0 atom stereocenters. The first kappa shape index (κ1) is 31.9. The Labute approximate surface area is 323 Å². The SMILES string of the molecule is c1ccc(-c2cc(-c3cccc(-n4c5ccccc5c5cc(-c6ccc7c8ncccc8n(-c8ccccc8)c7c6)ccc54)c3)nc(-c3ccccc3)n2)cc1. The first-order chi connectivity index (χ1) is 27.8. The highest BCUT2D eigenvalue weighted by Gasteiger charge is 2.18. The average Bonchev–Trinajstić information content (AvgIpc) is 3.79. The van der Waals surface area contributed by atoms with E-state index in [1.54, 1.807) is 0 Å². The van der Waals surface area contributed by atoms with Crippen molar-refractivity contribution >= 4 is 43.7 Å². The summed E-state index contributed by atoms with van der Waals surface area (Å²) in [6.07, 6.45) is 1.88. The van der Waals surface area contributed by atoms with Crippen molar-refractivity contribution < 1.29 is 0 Å². The van der Waals surface area contributed by atoms with E-state index >= 15 is 0 Å². The lowest BCUT2D eigenvalue weighted by molar-refractivity contribution is 1.16. The third kappa shape index (κ3) is 5.29. The third-order valence-electron chi connectivity index (χ3n) is 10.8. The Morgan fingerprint density at radius 1 is 0.321 bits per heavy atom. The monoisotopic (exact) mass is 715 g/mol. The highest BCUT2D eigenvalue weighted by Crippen LogP contribution is 2.38. The molecule has 4 heterocycles. The zero-order valence-electron chi connectivity index (χ0n) is 30.3. The number of aromatic nitrogens is 5. The van der Waals surface area contributed by atoms with Crippen LogP contribution in [0.5, 0.6) is 0 Å². The van der Waals surface area contributed by atoms with Gasteiger partial charge in [0.2, 0.25) is 0 Å². The summed E-state index contributed by atoms with van der Waals surface area (Å²) >= 11 is 0. The van der Waals surface area contributed by atoms with E-state index in [0.717, 1.165) is 83.5 Å². The van der Waals surface area contributed by atoms with Gasteiger partial charge in [-0.25, -0.2) is 9.97 Å². The Morgan fingerprint density at radius 2 is 0.929 bits per heavy atom. The van der Waals surface area contributed by atoms with Crippen LogP contribution in [0, 0.1) is 0 Å². The fraction of sp³-hybridized carbons (Fsp3) is 0. The van der Waals surface area contributed by atoms with Gasteiger partial charge >= 0.3 is 0 Å². The maximum atomic E-state index is 5.13. The van der Waals surface area contributed by atoms with E-state index in [2.05, 4.69) is 161 Å². The van der Waals surface area contributed by atoms with Crippen molar-refractivity contribution in [3.63, 3.8) is 0 Å². The quantitative estimate of drug-likeness (QED) is 0.172. The maximum absolute atomic E-state index is 5.13. The van der Waals surface area contributed by atoms with Crippen LogP contribution < -0.4 is 0 Å². The molecule has 5 nitrogen and oxygen atoms in total. The summed E-state index contributed by atoms with van der Waals surface area (Å²) in [4.78, 5) is 14.9. The molecule has 0 N–H and O–H groups in total. The van der Waals surface area contributed by atoms with Crippen LogP contribution in [-0.2, 0) is 0 Å². The molecule has 0 bridgehead atoms. The van der Waals surface area contributed by atoms with Crippen LogP contribution in [-0.4, -0.2) is 24.1 Å². The molecule has 0 radical (unpaired) electrons. The summed E-state index contributed by atoms with van der Waals surface area (Å²) < 4.78 is 4.69. The number of para-hydroxylation sites is 2. The molecule has 4 aromatic heterocycles. The minimum Gasteiger partial charge on any atom is -0.309 e. The summed E-state index contributed by atoms with van der Waals surface area (Å²) in [6.45, 7) is 0. The van der Waals surface area contributed by atoms with Crippen LogP contribution in [0.4, 0.5) is 0 Å². The number of nitrogens with zero attached hydrogens (tertiary/aromatic N) is 5. The molecular formula is C51H33N5. The first-order valence-corrected chi connectivity index (χ1v) is 18.9. The second-order valence-corrected chi connectivity index (χ2v) is 14.1. The molecule has 0 saturated heterocycles. The number of benzene rings is 7. The van der Waals surface area contributed by atoms with Crippen LogP contribution >= 0.6 is 0 Å². The van der Waals surface area contributed by atoms with Gasteiger partial charge in [0, 0.05) is 50.4 Å². The van der Waals surface area contributed by atoms with Gasteiger partial charge in [0.15, 0.2) is 5.82 Å². The summed E-state index contributed by atoms with van der Waals surface area (Å²) in [5.41, 5.74) is 14.9. The lowest BCUT2D eigenvalue weighted by atomic mass is 10.0. The summed E-state index contributed by atoms with van der Waals surface area (Å²) in [7, 11) is 0. The Bertz CT molecular complexity index is 3180. The van der Waals surface area contributed by atoms with E-state index in [1.165, 1.54) is 10.8 Å². The summed E-state index contributed by atoms with van der Waals surface area (Å²) in [5, 5.41) is 3.55. The fourth-order valence-corrected chi connectivity index (χ4v) is 8.17. The number of fused-ring (bicyclic) bond motifs is 6. The molecule has 0 fully saturated rings. The molecule has 0 unspecified atom stereocenters. The molecule has 262 valence electrons. The van der Waals surface area contributed by atoms with Gasteiger partial charge in [-0.2, -0.15) is 0 Å². The molecule has 5 heteroatoms. The van der Waals surface area contributed by atoms with Crippen LogP contribution in [0.25, 0.3) is 100 Å². The van der Waals surface area contributed by atoms with Crippen molar-refractivity contribution in [2.75, 3.05) is 0 Å².